The average Bonchev–Trinajstić information content (AvgIpc) is 3.35. The molecule has 2 atom stereocenters. The second-order valence-corrected chi connectivity index (χ2v) is 9.05. The van der Waals surface area contributed by atoms with E-state index in [1.165, 1.54) is 12.1 Å². The molecule has 1 saturated carbocycles. The number of hydrogen-bond acceptors (Lipinski definition) is 4. The Morgan fingerprint density at radius 1 is 1.03 bits per heavy atom. The molecule has 0 amide bonds. The quantitative estimate of drug-likeness (QED) is 0.589. The van der Waals surface area contributed by atoms with Gasteiger partial charge in [0, 0.05) is 18.8 Å². The second kappa shape index (κ2) is 8.00. The molecule has 2 heterocycles. The molecule has 2 aromatic rings. The van der Waals surface area contributed by atoms with Gasteiger partial charge in [0.25, 0.3) is 0 Å². The summed E-state index contributed by atoms with van der Waals surface area (Å²) in [6.45, 7) is 0. The fourth-order valence-electron chi connectivity index (χ4n) is 4.81. The number of nitrogens with one attached hydrogen (secondary N) is 2. The SMILES string of the molecule is NC1(C2CCC(F)(F)C2)N=C(c2cccc(C(F)(F)F)n2)NC(=NC2Cc3ccccc3C2)N1. The maximum Gasteiger partial charge on any atom is 0.433 e. The number of hydrogen-bond donors (Lipinski definition) is 3. The summed E-state index contributed by atoms with van der Waals surface area (Å²) in [4.78, 5) is 12.7. The van der Waals surface area contributed by atoms with Crippen LogP contribution >= 0.6 is 0 Å². The minimum Gasteiger partial charge on any atom is -0.319 e. The third-order valence-electron chi connectivity index (χ3n) is 6.50. The molecule has 1 aromatic carbocycles. The first-order valence-electron chi connectivity index (χ1n) is 11.0. The highest BCUT2D eigenvalue weighted by atomic mass is 19.4. The molecule has 5 rings (SSSR count). The van der Waals surface area contributed by atoms with E-state index in [0.717, 1.165) is 17.2 Å². The Hall–Kier alpha value is -3.08. The highest BCUT2D eigenvalue weighted by molar-refractivity contribution is 6.09. The fraction of sp³-hybridized carbons (Fsp3) is 0.435. The van der Waals surface area contributed by atoms with Crippen molar-refractivity contribution in [2.75, 3.05) is 0 Å². The van der Waals surface area contributed by atoms with Gasteiger partial charge in [-0.15, -0.1) is 0 Å². The lowest BCUT2D eigenvalue weighted by Crippen LogP contribution is -2.66. The van der Waals surface area contributed by atoms with Crippen molar-refractivity contribution >= 4 is 11.8 Å². The Morgan fingerprint density at radius 2 is 1.74 bits per heavy atom. The minimum atomic E-state index is -4.65. The van der Waals surface area contributed by atoms with Gasteiger partial charge in [-0.2, -0.15) is 13.2 Å². The van der Waals surface area contributed by atoms with Crippen LogP contribution in [0.5, 0.6) is 0 Å². The number of guanidine groups is 1. The Bertz CT molecular complexity index is 1140. The predicted molar refractivity (Wildman–Crippen MR) is 116 cm³/mol. The third kappa shape index (κ3) is 4.48. The Morgan fingerprint density at radius 3 is 2.35 bits per heavy atom. The van der Waals surface area contributed by atoms with E-state index in [4.69, 9.17) is 10.7 Å². The standard InChI is InChI=1S/C23H23F5N6/c24-21(25)9-8-15(12-21)23(29)33-19(17-6-3-7-18(31-17)22(26,27)28)32-20(34-23)30-16-10-13-4-1-2-5-14(13)11-16/h1-7,15-16H,8-12,29H2,(H2,30,32,33,34). The number of fused-ring (bicyclic) bond motifs is 1. The summed E-state index contributed by atoms with van der Waals surface area (Å²) in [5, 5.41) is 5.85. The van der Waals surface area contributed by atoms with Crippen LogP contribution in [0.3, 0.4) is 0 Å². The van der Waals surface area contributed by atoms with Gasteiger partial charge in [0.2, 0.25) is 5.92 Å². The number of nitrogens with zero attached hydrogens (tertiary/aromatic N) is 3. The van der Waals surface area contributed by atoms with Gasteiger partial charge >= 0.3 is 6.18 Å². The van der Waals surface area contributed by atoms with Crippen molar-refractivity contribution in [3.63, 3.8) is 0 Å². The molecule has 11 heteroatoms. The summed E-state index contributed by atoms with van der Waals surface area (Å²) < 4.78 is 67.7. The molecule has 0 radical (unpaired) electrons. The molecule has 0 spiro atoms. The highest BCUT2D eigenvalue weighted by Gasteiger charge is 2.50. The van der Waals surface area contributed by atoms with E-state index < -0.39 is 35.9 Å². The molecule has 34 heavy (non-hydrogen) atoms. The van der Waals surface area contributed by atoms with Crippen molar-refractivity contribution in [2.24, 2.45) is 21.6 Å². The Kier molecular flexibility index (Phi) is 5.34. The van der Waals surface area contributed by atoms with Gasteiger partial charge < -0.3 is 10.6 Å². The molecule has 2 aliphatic carbocycles. The van der Waals surface area contributed by atoms with Crippen molar-refractivity contribution in [2.45, 2.75) is 56.0 Å². The largest absolute Gasteiger partial charge is 0.433 e. The Balaban J connectivity index is 1.49. The van der Waals surface area contributed by atoms with Crippen LogP contribution in [0.4, 0.5) is 22.0 Å². The topological polar surface area (TPSA) is 87.7 Å². The zero-order valence-electron chi connectivity index (χ0n) is 18.0. The Labute approximate surface area is 192 Å². The number of nitrogens with two attached hydrogens (primary N) is 1. The van der Waals surface area contributed by atoms with Crippen LogP contribution in [0.1, 0.15) is 41.8 Å². The molecule has 3 aliphatic rings. The monoisotopic (exact) mass is 478 g/mol. The first-order valence-corrected chi connectivity index (χ1v) is 11.0. The van der Waals surface area contributed by atoms with Crippen molar-refractivity contribution in [1.29, 1.82) is 0 Å². The predicted octanol–water partition coefficient (Wildman–Crippen LogP) is 3.61. The van der Waals surface area contributed by atoms with Crippen LogP contribution in [-0.4, -0.2) is 34.5 Å². The van der Waals surface area contributed by atoms with Crippen molar-refractivity contribution < 1.29 is 22.0 Å². The maximum atomic E-state index is 14.0. The van der Waals surface area contributed by atoms with Crippen LogP contribution in [0.15, 0.2) is 52.4 Å². The average molecular weight is 478 g/mol. The van der Waals surface area contributed by atoms with Crippen LogP contribution < -0.4 is 16.4 Å². The second-order valence-electron chi connectivity index (χ2n) is 9.05. The number of aromatic nitrogens is 1. The molecular weight excluding hydrogens is 455 g/mol. The van der Waals surface area contributed by atoms with Crippen LogP contribution in [0.2, 0.25) is 0 Å². The van der Waals surface area contributed by atoms with Gasteiger partial charge in [0.1, 0.15) is 11.4 Å². The van der Waals surface area contributed by atoms with Gasteiger partial charge in [-0.3, -0.25) is 5.73 Å². The van der Waals surface area contributed by atoms with E-state index in [9.17, 15) is 22.0 Å². The third-order valence-corrected chi connectivity index (χ3v) is 6.50. The first kappa shape index (κ1) is 22.7. The van der Waals surface area contributed by atoms with Crippen LogP contribution in [-0.2, 0) is 19.0 Å². The summed E-state index contributed by atoms with van der Waals surface area (Å²) in [5.74, 6) is -5.15. The van der Waals surface area contributed by atoms with E-state index in [-0.39, 0.29) is 36.4 Å². The normalized spacial score (nSPS) is 27.8. The van der Waals surface area contributed by atoms with Gasteiger partial charge in [-0.1, -0.05) is 30.3 Å². The zero-order chi connectivity index (χ0) is 24.1. The summed E-state index contributed by atoms with van der Waals surface area (Å²) in [7, 11) is 0. The number of benzene rings is 1. The van der Waals surface area contributed by atoms with E-state index in [1.807, 2.05) is 24.3 Å². The number of aliphatic imine (C=N–C) groups is 2. The van der Waals surface area contributed by atoms with E-state index >= 15 is 0 Å². The van der Waals surface area contributed by atoms with Crippen molar-refractivity contribution in [3.8, 4) is 0 Å². The maximum absolute atomic E-state index is 14.0. The summed E-state index contributed by atoms with van der Waals surface area (Å²) in [6.07, 6.45) is -3.99. The highest BCUT2D eigenvalue weighted by Crippen LogP contribution is 2.43. The molecule has 2 unspecified atom stereocenters. The van der Waals surface area contributed by atoms with E-state index in [0.29, 0.717) is 12.8 Å². The summed E-state index contributed by atoms with van der Waals surface area (Å²) >= 11 is 0. The number of pyridine rings is 1. The van der Waals surface area contributed by atoms with Gasteiger partial charge in [-0.05, 0) is 42.5 Å². The minimum absolute atomic E-state index is 0.0446. The molecule has 6 nitrogen and oxygen atoms in total. The van der Waals surface area contributed by atoms with Crippen LogP contribution in [0.25, 0.3) is 0 Å². The lowest BCUT2D eigenvalue weighted by Gasteiger charge is -2.38. The molecule has 180 valence electrons. The van der Waals surface area contributed by atoms with Crippen LogP contribution in [0, 0.1) is 5.92 Å². The number of alkyl halides is 5. The zero-order valence-corrected chi connectivity index (χ0v) is 18.0. The molecule has 0 saturated heterocycles. The summed E-state index contributed by atoms with van der Waals surface area (Å²) in [6, 6.07) is 11.2. The summed E-state index contributed by atoms with van der Waals surface area (Å²) in [5.41, 5.74) is 7.62. The molecule has 1 aliphatic heterocycles. The van der Waals surface area contributed by atoms with Gasteiger partial charge in [0.05, 0.1) is 6.04 Å². The van der Waals surface area contributed by atoms with E-state index in [2.05, 4.69) is 20.6 Å². The molecule has 0 bridgehead atoms. The smallest absolute Gasteiger partial charge is 0.319 e. The van der Waals surface area contributed by atoms with Crippen molar-refractivity contribution in [3.05, 3.63) is 65.0 Å². The van der Waals surface area contributed by atoms with Gasteiger partial charge in [0.15, 0.2) is 17.6 Å². The molecular formula is C23H23F5N6. The number of halogens is 5. The lowest BCUT2D eigenvalue weighted by molar-refractivity contribution is -0.141. The lowest BCUT2D eigenvalue weighted by atomic mass is 9.98. The number of rotatable bonds is 3. The van der Waals surface area contributed by atoms with Crippen molar-refractivity contribution in [1.82, 2.24) is 15.6 Å². The number of amidine groups is 1. The molecule has 4 N–H and O–H groups in total. The van der Waals surface area contributed by atoms with Gasteiger partial charge in [-0.25, -0.2) is 23.7 Å². The van der Waals surface area contributed by atoms with E-state index in [1.54, 1.807) is 0 Å². The molecule has 1 aromatic heterocycles. The first-order chi connectivity index (χ1) is 16.0. The molecule has 1 fully saturated rings. The fourth-order valence-corrected chi connectivity index (χ4v) is 4.81.